The molecule has 3 heterocycles. The van der Waals surface area contributed by atoms with Crippen LogP contribution in [0, 0.1) is 0 Å². The fraction of sp³-hybridized carbons (Fsp3) is 0.0200. The average molecular weight is 701 g/mol. The highest BCUT2D eigenvalue weighted by molar-refractivity contribution is 6.28. The third-order valence-electron chi connectivity index (χ3n) is 12.0. The van der Waals surface area contributed by atoms with E-state index in [9.17, 15) is 0 Å². The molecule has 2 aliphatic rings. The van der Waals surface area contributed by atoms with Crippen molar-refractivity contribution < 1.29 is 4.42 Å². The van der Waals surface area contributed by atoms with Gasteiger partial charge in [-0.05, 0) is 68.4 Å². The lowest BCUT2D eigenvalue weighted by Crippen LogP contribution is -2.30. The molecule has 2 aliphatic carbocycles. The number of rotatable bonds is 4. The first-order chi connectivity index (χ1) is 27.3. The third-order valence-corrected chi connectivity index (χ3v) is 12.0. The summed E-state index contributed by atoms with van der Waals surface area (Å²) in [5, 5.41) is 7.08. The lowest BCUT2D eigenvalue weighted by Gasteiger charge is -2.37. The van der Waals surface area contributed by atoms with E-state index in [1.165, 1.54) is 54.9 Å². The molecule has 8 aromatic carbocycles. The highest BCUT2D eigenvalue weighted by Gasteiger charge is 2.50. The van der Waals surface area contributed by atoms with Crippen LogP contribution in [0.1, 0.15) is 22.3 Å². The van der Waals surface area contributed by atoms with Gasteiger partial charge < -0.3 is 4.42 Å². The van der Waals surface area contributed by atoms with Crippen molar-refractivity contribution in [1.29, 1.82) is 0 Å². The molecular weight excluding hydrogens is 673 g/mol. The second-order valence-electron chi connectivity index (χ2n) is 14.7. The minimum atomic E-state index is -0.490. The number of para-hydroxylation sites is 2. The standard InChI is InChI=1S/C50H28N4O/c1-3-13-30(14-4-1)47-51-48(36-21-12-20-35-33-19-8-10-24-41(33)55-46(35)36)53-49(52-47)54-39-27-25-29-15-11-23-38-42(29)43(39)44-40(54)28-26-34-32-18-7-9-22-37(32)50(38,45(34)44)31-16-5-2-6-17-31/h1-28H. The van der Waals surface area contributed by atoms with E-state index in [1.54, 1.807) is 0 Å². The Balaban J connectivity index is 1.18. The van der Waals surface area contributed by atoms with Crippen molar-refractivity contribution in [2.75, 3.05) is 0 Å². The molecule has 0 radical (unpaired) electrons. The molecule has 0 bridgehead atoms. The summed E-state index contributed by atoms with van der Waals surface area (Å²) in [6.07, 6.45) is 0. The van der Waals surface area contributed by atoms with Crippen LogP contribution < -0.4 is 0 Å². The monoisotopic (exact) mass is 700 g/mol. The lowest BCUT2D eigenvalue weighted by molar-refractivity contribution is 0.669. The Morgan fingerprint density at radius 1 is 0.455 bits per heavy atom. The quantitative estimate of drug-likeness (QED) is 0.183. The van der Waals surface area contributed by atoms with Crippen LogP contribution in [0.25, 0.3) is 94.4 Å². The molecule has 13 rings (SSSR count). The van der Waals surface area contributed by atoms with E-state index in [0.717, 1.165) is 44.1 Å². The third kappa shape index (κ3) is 3.60. The Kier molecular flexibility index (Phi) is 5.51. The fourth-order valence-electron chi connectivity index (χ4n) is 9.94. The Labute approximate surface area is 314 Å². The molecule has 5 heteroatoms. The van der Waals surface area contributed by atoms with Gasteiger partial charge in [0.05, 0.1) is 22.0 Å². The number of hydrogen-bond acceptors (Lipinski definition) is 4. The van der Waals surface area contributed by atoms with E-state index < -0.39 is 5.41 Å². The topological polar surface area (TPSA) is 56.7 Å². The van der Waals surface area contributed by atoms with E-state index in [-0.39, 0.29) is 0 Å². The Morgan fingerprint density at radius 3 is 2.05 bits per heavy atom. The van der Waals surface area contributed by atoms with Crippen LogP contribution in [0.5, 0.6) is 0 Å². The van der Waals surface area contributed by atoms with Crippen molar-refractivity contribution in [3.8, 4) is 39.9 Å². The summed E-state index contributed by atoms with van der Waals surface area (Å²) >= 11 is 0. The summed E-state index contributed by atoms with van der Waals surface area (Å²) in [6, 6.07) is 60.5. The maximum absolute atomic E-state index is 6.53. The molecule has 1 atom stereocenters. The molecule has 254 valence electrons. The minimum Gasteiger partial charge on any atom is -0.455 e. The van der Waals surface area contributed by atoms with Gasteiger partial charge in [0.2, 0.25) is 5.95 Å². The summed E-state index contributed by atoms with van der Waals surface area (Å²) in [5.41, 5.74) is 12.8. The van der Waals surface area contributed by atoms with E-state index in [2.05, 4.69) is 138 Å². The van der Waals surface area contributed by atoms with Crippen molar-refractivity contribution in [3.63, 3.8) is 0 Å². The summed E-state index contributed by atoms with van der Waals surface area (Å²) in [6.45, 7) is 0. The first-order valence-electron chi connectivity index (χ1n) is 18.7. The first-order valence-corrected chi connectivity index (χ1v) is 18.7. The smallest absolute Gasteiger partial charge is 0.238 e. The maximum Gasteiger partial charge on any atom is 0.238 e. The zero-order chi connectivity index (χ0) is 35.8. The highest BCUT2D eigenvalue weighted by Crippen LogP contribution is 2.63. The lowest BCUT2D eigenvalue weighted by atomic mass is 9.63. The van der Waals surface area contributed by atoms with E-state index >= 15 is 0 Å². The molecule has 0 aliphatic heterocycles. The molecule has 0 N–H and O–H groups in total. The molecular formula is C50H28N4O. The SMILES string of the molecule is c1ccc(-c2nc(-c3cccc4c3oc3ccccc34)nc(-n3c4ccc5c6c4c4c7c(cccc7ccc43)C6(c3ccccc3)c3ccccc3-5)n2)cc1. The number of benzene rings is 8. The van der Waals surface area contributed by atoms with Gasteiger partial charge in [-0.2, -0.15) is 9.97 Å². The number of aromatic nitrogens is 4. The van der Waals surface area contributed by atoms with Crippen LogP contribution in [0.2, 0.25) is 0 Å². The molecule has 5 nitrogen and oxygen atoms in total. The molecule has 1 unspecified atom stereocenters. The number of furan rings is 1. The predicted molar refractivity (Wildman–Crippen MR) is 221 cm³/mol. The average Bonchev–Trinajstić information content (AvgIpc) is 3.91. The summed E-state index contributed by atoms with van der Waals surface area (Å²) in [7, 11) is 0. The van der Waals surface area contributed by atoms with Crippen LogP contribution >= 0.6 is 0 Å². The first kappa shape index (κ1) is 29.1. The summed E-state index contributed by atoms with van der Waals surface area (Å²) in [4.78, 5) is 15.8. The molecule has 0 fully saturated rings. The molecule has 0 spiro atoms. The van der Waals surface area contributed by atoms with Gasteiger partial charge in [0, 0.05) is 27.1 Å². The van der Waals surface area contributed by atoms with Gasteiger partial charge in [0.25, 0.3) is 0 Å². The van der Waals surface area contributed by atoms with Gasteiger partial charge in [0.1, 0.15) is 11.2 Å². The maximum atomic E-state index is 6.53. The fourth-order valence-corrected chi connectivity index (χ4v) is 9.94. The zero-order valence-electron chi connectivity index (χ0n) is 29.4. The van der Waals surface area contributed by atoms with Crippen LogP contribution in [0.3, 0.4) is 0 Å². The Bertz CT molecular complexity index is 3440. The Hall–Kier alpha value is -7.37. The van der Waals surface area contributed by atoms with Gasteiger partial charge in [-0.1, -0.05) is 146 Å². The van der Waals surface area contributed by atoms with Crippen LogP contribution in [-0.2, 0) is 5.41 Å². The minimum absolute atomic E-state index is 0.490. The largest absolute Gasteiger partial charge is 0.455 e. The van der Waals surface area contributed by atoms with Crippen molar-refractivity contribution in [3.05, 3.63) is 192 Å². The van der Waals surface area contributed by atoms with Gasteiger partial charge >= 0.3 is 0 Å². The summed E-state index contributed by atoms with van der Waals surface area (Å²) < 4.78 is 8.80. The van der Waals surface area contributed by atoms with Crippen molar-refractivity contribution >= 4 is 54.5 Å². The molecule has 0 saturated heterocycles. The second kappa shape index (κ2) is 10.4. The van der Waals surface area contributed by atoms with Gasteiger partial charge in [0.15, 0.2) is 11.6 Å². The normalized spacial score (nSPS) is 15.3. The van der Waals surface area contributed by atoms with E-state index in [0.29, 0.717) is 17.6 Å². The van der Waals surface area contributed by atoms with Crippen molar-refractivity contribution in [1.82, 2.24) is 19.5 Å². The van der Waals surface area contributed by atoms with Crippen LogP contribution in [0.15, 0.2) is 174 Å². The predicted octanol–water partition coefficient (Wildman–Crippen LogP) is 12.0. The van der Waals surface area contributed by atoms with E-state index in [4.69, 9.17) is 19.4 Å². The Morgan fingerprint density at radius 2 is 1.15 bits per heavy atom. The van der Waals surface area contributed by atoms with Crippen LogP contribution in [-0.4, -0.2) is 19.5 Å². The number of hydrogen-bond donors (Lipinski definition) is 0. The number of nitrogens with zero attached hydrogens (tertiary/aromatic N) is 4. The zero-order valence-corrected chi connectivity index (χ0v) is 29.4. The highest BCUT2D eigenvalue weighted by atomic mass is 16.3. The van der Waals surface area contributed by atoms with Gasteiger partial charge in [-0.3, -0.25) is 4.57 Å². The van der Waals surface area contributed by atoms with Crippen molar-refractivity contribution in [2.45, 2.75) is 5.41 Å². The van der Waals surface area contributed by atoms with Crippen molar-refractivity contribution in [2.24, 2.45) is 0 Å². The second-order valence-corrected chi connectivity index (χ2v) is 14.7. The molecule has 0 amide bonds. The van der Waals surface area contributed by atoms with E-state index in [1.807, 2.05) is 36.4 Å². The molecule has 55 heavy (non-hydrogen) atoms. The molecule has 11 aromatic rings. The van der Waals surface area contributed by atoms with Gasteiger partial charge in [-0.25, -0.2) is 4.98 Å². The molecule has 0 saturated carbocycles. The van der Waals surface area contributed by atoms with Gasteiger partial charge in [-0.15, -0.1) is 0 Å². The number of fused-ring (bicyclic) bond motifs is 7. The van der Waals surface area contributed by atoms with Crippen LogP contribution in [0.4, 0.5) is 0 Å². The summed E-state index contributed by atoms with van der Waals surface area (Å²) in [5.74, 6) is 1.73. The molecule has 3 aromatic heterocycles.